The first-order chi connectivity index (χ1) is 8.02. The minimum Gasteiger partial charge on any atom is -0.508 e. The maximum absolute atomic E-state index is 11.6. The average Bonchev–Trinajstić information content (AvgIpc) is 2.29. The van der Waals surface area contributed by atoms with E-state index in [2.05, 4.69) is 5.32 Å². The Bertz CT molecular complexity index is 395. The summed E-state index contributed by atoms with van der Waals surface area (Å²) in [6.45, 7) is 2.32. The smallest absolute Gasteiger partial charge is 0.224 e. The molecule has 0 saturated carbocycles. The molecule has 0 unspecified atom stereocenters. The number of aliphatic hydroxyl groups is 1. The lowest BCUT2D eigenvalue weighted by Gasteiger charge is -2.10. The number of carbonyl (C=O) groups is 1. The van der Waals surface area contributed by atoms with E-state index in [0.717, 1.165) is 0 Å². The van der Waals surface area contributed by atoms with Crippen LogP contribution in [0.3, 0.4) is 0 Å². The lowest BCUT2D eigenvalue weighted by molar-refractivity contribution is -0.120. The van der Waals surface area contributed by atoms with Crippen molar-refractivity contribution >= 4 is 17.5 Å². The summed E-state index contributed by atoms with van der Waals surface area (Å²) in [7, 11) is 0. The Morgan fingerprint density at radius 2 is 2.24 bits per heavy atom. The van der Waals surface area contributed by atoms with E-state index in [9.17, 15) is 4.79 Å². The minimum absolute atomic E-state index is 0.0363. The number of carbonyl (C=O) groups excluding carboxylic acids is 1. The van der Waals surface area contributed by atoms with Gasteiger partial charge in [0.1, 0.15) is 5.75 Å². The van der Waals surface area contributed by atoms with Crippen molar-refractivity contribution in [1.29, 1.82) is 0 Å². The van der Waals surface area contributed by atoms with Crippen LogP contribution in [-0.2, 0) is 11.2 Å². The topological polar surface area (TPSA) is 69.6 Å². The number of halogens is 1. The van der Waals surface area contributed by atoms with Crippen molar-refractivity contribution in [2.75, 3.05) is 13.2 Å². The number of aromatic hydroxyl groups is 1. The van der Waals surface area contributed by atoms with Crippen LogP contribution in [0.4, 0.5) is 0 Å². The van der Waals surface area contributed by atoms with Crippen LogP contribution in [0.15, 0.2) is 18.2 Å². The van der Waals surface area contributed by atoms with Crippen molar-refractivity contribution in [1.82, 2.24) is 5.32 Å². The third-order valence-corrected chi connectivity index (χ3v) is 2.70. The molecule has 0 aliphatic carbocycles. The highest BCUT2D eigenvalue weighted by molar-refractivity contribution is 6.31. The van der Waals surface area contributed by atoms with Gasteiger partial charge in [0.2, 0.25) is 5.91 Å². The molecule has 17 heavy (non-hydrogen) atoms. The second-order valence-corrected chi connectivity index (χ2v) is 4.45. The average molecular weight is 258 g/mol. The summed E-state index contributed by atoms with van der Waals surface area (Å²) in [5.41, 5.74) is 0.665. The molecular weight excluding hydrogens is 242 g/mol. The highest BCUT2D eigenvalue weighted by Crippen LogP contribution is 2.21. The molecule has 94 valence electrons. The Morgan fingerprint density at radius 3 is 2.82 bits per heavy atom. The molecule has 1 rings (SSSR count). The molecular formula is C12H16ClNO3. The van der Waals surface area contributed by atoms with Crippen LogP contribution in [0.2, 0.25) is 5.02 Å². The first-order valence-corrected chi connectivity index (χ1v) is 5.75. The molecule has 0 aromatic heterocycles. The van der Waals surface area contributed by atoms with E-state index in [-0.39, 0.29) is 30.6 Å². The van der Waals surface area contributed by atoms with E-state index in [0.29, 0.717) is 17.1 Å². The van der Waals surface area contributed by atoms with Crippen LogP contribution in [0.5, 0.6) is 5.75 Å². The standard InChI is InChI=1S/C12H16ClNO3/c1-8(7-15)6-14-12(17)4-9-2-3-10(16)5-11(9)13/h2-3,5,8,15-16H,4,6-7H2,1H3,(H,14,17)/t8-/m0/s1. The molecule has 0 aliphatic rings. The maximum atomic E-state index is 11.6. The van der Waals surface area contributed by atoms with E-state index in [4.69, 9.17) is 21.8 Å². The van der Waals surface area contributed by atoms with Crippen LogP contribution in [-0.4, -0.2) is 29.3 Å². The fourth-order valence-electron chi connectivity index (χ4n) is 1.27. The Balaban J connectivity index is 2.50. The highest BCUT2D eigenvalue weighted by atomic mass is 35.5. The van der Waals surface area contributed by atoms with Gasteiger partial charge in [-0.15, -0.1) is 0 Å². The van der Waals surface area contributed by atoms with Gasteiger partial charge in [-0.05, 0) is 23.6 Å². The molecule has 3 N–H and O–H groups in total. The maximum Gasteiger partial charge on any atom is 0.224 e. The number of benzene rings is 1. The summed E-state index contributed by atoms with van der Waals surface area (Å²) in [6.07, 6.45) is 0.164. The molecule has 0 fully saturated rings. The van der Waals surface area contributed by atoms with Gasteiger partial charge < -0.3 is 15.5 Å². The second-order valence-electron chi connectivity index (χ2n) is 4.04. The van der Waals surface area contributed by atoms with Gasteiger partial charge in [0.15, 0.2) is 0 Å². The monoisotopic (exact) mass is 257 g/mol. The first kappa shape index (κ1) is 13.8. The highest BCUT2D eigenvalue weighted by Gasteiger charge is 2.08. The summed E-state index contributed by atoms with van der Waals surface area (Å²) in [5, 5.41) is 21.1. The fraction of sp³-hybridized carbons (Fsp3) is 0.417. The number of nitrogens with one attached hydrogen (secondary N) is 1. The van der Waals surface area contributed by atoms with E-state index in [1.54, 1.807) is 6.07 Å². The summed E-state index contributed by atoms with van der Waals surface area (Å²) in [6, 6.07) is 4.51. The SMILES string of the molecule is C[C@H](CO)CNC(=O)Cc1ccc(O)cc1Cl. The number of phenolic OH excluding ortho intramolecular Hbond substituents is 1. The molecule has 5 heteroatoms. The molecule has 0 aliphatic heterocycles. The number of hydrogen-bond donors (Lipinski definition) is 3. The second kappa shape index (κ2) is 6.47. The largest absolute Gasteiger partial charge is 0.508 e. The van der Waals surface area contributed by atoms with E-state index >= 15 is 0 Å². The molecule has 1 aromatic rings. The third-order valence-electron chi connectivity index (χ3n) is 2.35. The zero-order valence-electron chi connectivity index (χ0n) is 9.61. The zero-order valence-corrected chi connectivity index (χ0v) is 10.4. The predicted molar refractivity (Wildman–Crippen MR) is 66.1 cm³/mol. The molecule has 0 bridgehead atoms. The third kappa shape index (κ3) is 4.63. The molecule has 4 nitrogen and oxygen atoms in total. The van der Waals surface area contributed by atoms with Gasteiger partial charge in [-0.3, -0.25) is 4.79 Å². The summed E-state index contributed by atoms with van der Waals surface area (Å²) in [5.74, 6) is -0.0415. The van der Waals surface area contributed by atoms with Crippen LogP contribution in [0.1, 0.15) is 12.5 Å². The summed E-state index contributed by atoms with van der Waals surface area (Å²) < 4.78 is 0. The van der Waals surface area contributed by atoms with Gasteiger partial charge in [-0.1, -0.05) is 24.6 Å². The zero-order chi connectivity index (χ0) is 12.8. The van der Waals surface area contributed by atoms with Gasteiger partial charge in [0, 0.05) is 18.2 Å². The van der Waals surface area contributed by atoms with Gasteiger partial charge in [-0.25, -0.2) is 0 Å². The summed E-state index contributed by atoms with van der Waals surface area (Å²) in [4.78, 5) is 11.6. The molecule has 0 spiro atoms. The number of phenols is 1. The van der Waals surface area contributed by atoms with E-state index < -0.39 is 0 Å². The molecule has 1 aromatic carbocycles. The molecule has 0 heterocycles. The van der Waals surface area contributed by atoms with E-state index in [1.807, 2.05) is 6.92 Å². The van der Waals surface area contributed by atoms with Crippen LogP contribution >= 0.6 is 11.6 Å². The molecule has 0 saturated heterocycles. The van der Waals surface area contributed by atoms with Crippen LogP contribution < -0.4 is 5.32 Å². The number of hydrogen-bond acceptors (Lipinski definition) is 3. The summed E-state index contributed by atoms with van der Waals surface area (Å²) >= 11 is 5.88. The number of amides is 1. The fourth-order valence-corrected chi connectivity index (χ4v) is 1.51. The normalized spacial score (nSPS) is 12.2. The first-order valence-electron chi connectivity index (χ1n) is 5.38. The van der Waals surface area contributed by atoms with Gasteiger partial charge >= 0.3 is 0 Å². The quantitative estimate of drug-likeness (QED) is 0.745. The molecule has 0 radical (unpaired) electrons. The Hall–Kier alpha value is -1.26. The van der Waals surface area contributed by atoms with Crippen molar-refractivity contribution in [2.45, 2.75) is 13.3 Å². The van der Waals surface area contributed by atoms with Crippen LogP contribution in [0, 0.1) is 5.92 Å². The molecule has 1 amide bonds. The molecule has 1 atom stereocenters. The minimum atomic E-state index is -0.155. The lowest BCUT2D eigenvalue weighted by atomic mass is 10.1. The number of aliphatic hydroxyl groups excluding tert-OH is 1. The van der Waals surface area contributed by atoms with Crippen molar-refractivity contribution in [2.24, 2.45) is 5.92 Å². The Kier molecular flexibility index (Phi) is 5.25. The van der Waals surface area contributed by atoms with Gasteiger partial charge in [-0.2, -0.15) is 0 Å². The van der Waals surface area contributed by atoms with Crippen molar-refractivity contribution in [3.8, 4) is 5.75 Å². The van der Waals surface area contributed by atoms with Crippen molar-refractivity contribution in [3.05, 3.63) is 28.8 Å². The van der Waals surface area contributed by atoms with Gasteiger partial charge in [0.05, 0.1) is 6.42 Å². The lowest BCUT2D eigenvalue weighted by Crippen LogP contribution is -2.30. The van der Waals surface area contributed by atoms with Crippen molar-refractivity contribution < 1.29 is 15.0 Å². The van der Waals surface area contributed by atoms with Crippen LogP contribution in [0.25, 0.3) is 0 Å². The predicted octanol–water partition coefficient (Wildman–Crippen LogP) is 1.33. The van der Waals surface area contributed by atoms with Crippen molar-refractivity contribution in [3.63, 3.8) is 0 Å². The van der Waals surface area contributed by atoms with Gasteiger partial charge in [0.25, 0.3) is 0 Å². The Labute approximate surface area is 105 Å². The number of rotatable bonds is 5. The van der Waals surface area contributed by atoms with E-state index in [1.165, 1.54) is 12.1 Å². The Morgan fingerprint density at radius 1 is 1.53 bits per heavy atom.